The number of carbonyl (C=O) groups excluding carboxylic acids is 2. The molecule has 0 aliphatic carbocycles. The van der Waals surface area contributed by atoms with Gasteiger partial charge in [-0.15, -0.1) is 0 Å². The van der Waals surface area contributed by atoms with Crippen LogP contribution in [0.5, 0.6) is 11.5 Å². The standard InChI is InChI=1S/C24H40N2O4/c1-19(2)10-9-11-20-16-21(29-14-7-3-5-12-23(25)27)18-22(17-20)30-15-8-4-6-13-24(26)28/h16-19H,3-15H2,1-2H3,(H2,25,27)(H2,26,28). The Morgan fingerprint density at radius 2 is 1.27 bits per heavy atom. The van der Waals surface area contributed by atoms with Gasteiger partial charge in [0, 0.05) is 18.9 Å². The second-order valence-corrected chi connectivity index (χ2v) is 8.35. The number of rotatable bonds is 18. The van der Waals surface area contributed by atoms with Crippen LogP contribution in [0.2, 0.25) is 0 Å². The number of aryl methyl sites for hydroxylation is 1. The Hall–Kier alpha value is -2.24. The zero-order chi connectivity index (χ0) is 22.2. The van der Waals surface area contributed by atoms with E-state index in [0.29, 0.717) is 32.0 Å². The molecule has 0 aliphatic heterocycles. The van der Waals surface area contributed by atoms with Gasteiger partial charge in [0.25, 0.3) is 0 Å². The molecule has 1 aromatic rings. The van der Waals surface area contributed by atoms with Crippen molar-refractivity contribution >= 4 is 11.8 Å². The molecule has 0 heterocycles. The van der Waals surface area contributed by atoms with Crippen LogP contribution >= 0.6 is 0 Å². The van der Waals surface area contributed by atoms with Gasteiger partial charge >= 0.3 is 0 Å². The summed E-state index contributed by atoms with van der Waals surface area (Å²) in [6, 6.07) is 6.14. The van der Waals surface area contributed by atoms with Crippen LogP contribution in [0, 0.1) is 5.92 Å². The van der Waals surface area contributed by atoms with Crippen molar-refractivity contribution in [3.05, 3.63) is 23.8 Å². The smallest absolute Gasteiger partial charge is 0.217 e. The summed E-state index contributed by atoms with van der Waals surface area (Å²) in [5.41, 5.74) is 11.6. The highest BCUT2D eigenvalue weighted by Gasteiger charge is 2.06. The number of hydrogen-bond acceptors (Lipinski definition) is 4. The van der Waals surface area contributed by atoms with E-state index in [-0.39, 0.29) is 11.8 Å². The molecule has 30 heavy (non-hydrogen) atoms. The van der Waals surface area contributed by atoms with Crippen LogP contribution in [0.25, 0.3) is 0 Å². The van der Waals surface area contributed by atoms with Gasteiger partial charge < -0.3 is 20.9 Å². The van der Waals surface area contributed by atoms with E-state index in [1.807, 2.05) is 6.07 Å². The third-order valence-corrected chi connectivity index (χ3v) is 4.86. The van der Waals surface area contributed by atoms with Crippen LogP contribution in [0.15, 0.2) is 18.2 Å². The highest BCUT2D eigenvalue weighted by Crippen LogP contribution is 2.25. The molecule has 0 spiro atoms. The molecule has 1 aromatic carbocycles. The van der Waals surface area contributed by atoms with Crippen molar-refractivity contribution in [1.29, 1.82) is 0 Å². The number of benzene rings is 1. The van der Waals surface area contributed by atoms with Gasteiger partial charge in [-0.2, -0.15) is 0 Å². The van der Waals surface area contributed by atoms with E-state index >= 15 is 0 Å². The van der Waals surface area contributed by atoms with Crippen molar-refractivity contribution in [3.63, 3.8) is 0 Å². The average molecular weight is 421 g/mol. The maximum absolute atomic E-state index is 10.8. The molecule has 1 rings (SSSR count). The summed E-state index contributed by atoms with van der Waals surface area (Å²) in [5, 5.41) is 0. The van der Waals surface area contributed by atoms with E-state index in [0.717, 1.165) is 62.9 Å². The first kappa shape index (κ1) is 25.8. The van der Waals surface area contributed by atoms with Gasteiger partial charge in [0.15, 0.2) is 0 Å². The number of primary amides is 2. The third kappa shape index (κ3) is 13.9. The largest absolute Gasteiger partial charge is 0.493 e. The topological polar surface area (TPSA) is 105 Å². The molecule has 0 aliphatic rings. The summed E-state index contributed by atoms with van der Waals surface area (Å²) in [5.74, 6) is 1.86. The minimum Gasteiger partial charge on any atom is -0.493 e. The fraction of sp³-hybridized carbons (Fsp3) is 0.667. The summed E-state index contributed by atoms with van der Waals surface area (Å²) in [7, 11) is 0. The van der Waals surface area contributed by atoms with Gasteiger partial charge in [-0.3, -0.25) is 9.59 Å². The van der Waals surface area contributed by atoms with Crippen molar-refractivity contribution in [2.24, 2.45) is 17.4 Å². The average Bonchev–Trinajstić information content (AvgIpc) is 2.66. The van der Waals surface area contributed by atoms with E-state index in [4.69, 9.17) is 20.9 Å². The van der Waals surface area contributed by atoms with Crippen molar-refractivity contribution in [1.82, 2.24) is 0 Å². The normalized spacial score (nSPS) is 10.9. The minimum absolute atomic E-state index is 0.249. The van der Waals surface area contributed by atoms with Crippen LogP contribution in [-0.2, 0) is 16.0 Å². The SMILES string of the molecule is CC(C)CCCc1cc(OCCCCCC(N)=O)cc(OCCCCCC(N)=O)c1. The van der Waals surface area contributed by atoms with E-state index < -0.39 is 0 Å². The lowest BCUT2D eigenvalue weighted by molar-refractivity contribution is -0.119. The Bertz CT molecular complexity index is 587. The Morgan fingerprint density at radius 1 is 0.767 bits per heavy atom. The first-order valence-electron chi connectivity index (χ1n) is 11.3. The summed E-state index contributed by atoms with van der Waals surface area (Å²) in [6.07, 6.45) is 9.44. The summed E-state index contributed by atoms with van der Waals surface area (Å²) in [4.78, 5) is 21.6. The molecule has 0 saturated carbocycles. The Kier molecular flexibility index (Phi) is 13.4. The fourth-order valence-electron chi connectivity index (χ4n) is 3.19. The summed E-state index contributed by atoms with van der Waals surface area (Å²) >= 11 is 0. The Morgan fingerprint density at radius 3 is 1.70 bits per heavy atom. The van der Waals surface area contributed by atoms with Crippen LogP contribution < -0.4 is 20.9 Å². The molecule has 0 atom stereocenters. The maximum atomic E-state index is 10.8. The maximum Gasteiger partial charge on any atom is 0.217 e. The highest BCUT2D eigenvalue weighted by atomic mass is 16.5. The van der Waals surface area contributed by atoms with Gasteiger partial charge in [-0.05, 0) is 75.0 Å². The van der Waals surface area contributed by atoms with Crippen LogP contribution in [0.4, 0.5) is 0 Å². The van der Waals surface area contributed by atoms with Gasteiger partial charge in [0.1, 0.15) is 11.5 Å². The summed E-state index contributed by atoms with van der Waals surface area (Å²) < 4.78 is 11.9. The van der Waals surface area contributed by atoms with Gasteiger partial charge in [-0.25, -0.2) is 0 Å². The van der Waals surface area contributed by atoms with E-state index in [1.165, 1.54) is 12.0 Å². The molecule has 0 unspecified atom stereocenters. The highest BCUT2D eigenvalue weighted by molar-refractivity contribution is 5.73. The number of ether oxygens (including phenoxy) is 2. The quantitative estimate of drug-likeness (QED) is 0.341. The lowest BCUT2D eigenvalue weighted by atomic mass is 10.0. The number of unbranched alkanes of at least 4 members (excludes halogenated alkanes) is 4. The molecular formula is C24H40N2O4. The van der Waals surface area contributed by atoms with E-state index in [2.05, 4.69) is 26.0 Å². The molecule has 0 bridgehead atoms. The fourth-order valence-corrected chi connectivity index (χ4v) is 3.19. The number of carbonyl (C=O) groups is 2. The van der Waals surface area contributed by atoms with Crippen LogP contribution in [0.3, 0.4) is 0 Å². The molecular weight excluding hydrogens is 380 g/mol. The van der Waals surface area contributed by atoms with Gasteiger partial charge in [-0.1, -0.05) is 20.3 Å². The van der Waals surface area contributed by atoms with E-state index in [9.17, 15) is 9.59 Å². The molecule has 6 heteroatoms. The second kappa shape index (κ2) is 15.6. The van der Waals surface area contributed by atoms with E-state index in [1.54, 1.807) is 0 Å². The monoisotopic (exact) mass is 420 g/mol. The van der Waals surface area contributed by atoms with Gasteiger partial charge in [0.2, 0.25) is 11.8 Å². The number of hydrogen-bond donors (Lipinski definition) is 2. The summed E-state index contributed by atoms with van der Waals surface area (Å²) in [6.45, 7) is 5.70. The van der Waals surface area contributed by atoms with Crippen molar-refractivity contribution in [2.75, 3.05) is 13.2 Å². The molecule has 0 saturated heterocycles. The van der Waals surface area contributed by atoms with Crippen LogP contribution in [0.1, 0.15) is 83.6 Å². The first-order chi connectivity index (χ1) is 14.4. The zero-order valence-corrected chi connectivity index (χ0v) is 18.8. The van der Waals surface area contributed by atoms with Crippen molar-refractivity contribution in [3.8, 4) is 11.5 Å². The predicted octanol–water partition coefficient (Wildman–Crippen LogP) is 4.51. The van der Waals surface area contributed by atoms with Gasteiger partial charge in [0.05, 0.1) is 13.2 Å². The van der Waals surface area contributed by atoms with Crippen molar-refractivity contribution in [2.45, 2.75) is 84.5 Å². The Balaban J connectivity index is 2.51. The minimum atomic E-state index is -0.249. The number of nitrogens with two attached hydrogens (primary N) is 2. The molecule has 4 N–H and O–H groups in total. The molecule has 6 nitrogen and oxygen atoms in total. The lowest BCUT2D eigenvalue weighted by Crippen LogP contribution is -2.10. The molecule has 2 amide bonds. The third-order valence-electron chi connectivity index (χ3n) is 4.86. The first-order valence-corrected chi connectivity index (χ1v) is 11.3. The lowest BCUT2D eigenvalue weighted by Gasteiger charge is -2.13. The van der Waals surface area contributed by atoms with Crippen molar-refractivity contribution < 1.29 is 19.1 Å². The number of amides is 2. The van der Waals surface area contributed by atoms with Crippen LogP contribution in [-0.4, -0.2) is 25.0 Å². The zero-order valence-electron chi connectivity index (χ0n) is 18.8. The molecule has 0 aromatic heterocycles. The molecule has 0 fully saturated rings. The molecule has 0 radical (unpaired) electrons. The molecule has 170 valence electrons. The predicted molar refractivity (Wildman–Crippen MR) is 121 cm³/mol. The second-order valence-electron chi connectivity index (χ2n) is 8.35. The Labute approximate surface area is 181 Å².